The Morgan fingerprint density at radius 1 is 1.12 bits per heavy atom. The summed E-state index contributed by atoms with van der Waals surface area (Å²) in [5, 5.41) is 2.51. The maximum absolute atomic E-state index is 12.7. The van der Waals surface area contributed by atoms with Gasteiger partial charge in [0.25, 0.3) is 0 Å². The van der Waals surface area contributed by atoms with Crippen LogP contribution in [-0.2, 0) is 9.59 Å². The Morgan fingerprint density at radius 2 is 1.92 bits per heavy atom. The Balaban J connectivity index is 1.53. The molecule has 7 heteroatoms. The second kappa shape index (κ2) is 7.51. The van der Waals surface area contributed by atoms with Gasteiger partial charge in [-0.05, 0) is 45.7 Å². The number of hydrogen-bond acceptors (Lipinski definition) is 4. The summed E-state index contributed by atoms with van der Waals surface area (Å²) >= 11 is 0. The molecule has 0 saturated carbocycles. The highest BCUT2D eigenvalue weighted by atomic mass is 16.2. The lowest BCUT2D eigenvalue weighted by atomic mass is 9.92. The molecule has 134 valence electrons. The third-order valence-corrected chi connectivity index (χ3v) is 5.60. The van der Waals surface area contributed by atoms with E-state index in [1.54, 1.807) is 0 Å². The summed E-state index contributed by atoms with van der Waals surface area (Å²) in [5.74, 6) is -0.0251. The molecule has 0 aromatic carbocycles. The Bertz CT molecular complexity index is 494. The van der Waals surface area contributed by atoms with Gasteiger partial charge < -0.3 is 15.1 Å². The number of hydrogen-bond donors (Lipinski definition) is 1. The highest BCUT2D eigenvalue weighted by Crippen LogP contribution is 2.29. The first-order chi connectivity index (χ1) is 11.6. The number of amides is 4. The normalized spacial score (nSPS) is 28.5. The molecular weight excluding hydrogens is 308 g/mol. The van der Waals surface area contributed by atoms with E-state index in [-0.39, 0.29) is 24.4 Å². The van der Waals surface area contributed by atoms with Crippen LogP contribution in [0.2, 0.25) is 0 Å². The fraction of sp³-hybridized carbons (Fsp3) is 0.824. The number of nitrogens with one attached hydrogen (secondary N) is 1. The number of nitrogens with zero attached hydrogens (tertiary/aromatic N) is 3. The van der Waals surface area contributed by atoms with Crippen LogP contribution < -0.4 is 5.32 Å². The van der Waals surface area contributed by atoms with Crippen LogP contribution in [0.3, 0.4) is 0 Å². The zero-order chi connectivity index (χ0) is 17.1. The van der Waals surface area contributed by atoms with Gasteiger partial charge in [-0.3, -0.25) is 14.5 Å². The molecule has 7 nitrogen and oxygen atoms in total. The smallest absolute Gasteiger partial charge is 0.324 e. The van der Waals surface area contributed by atoms with Crippen molar-refractivity contribution in [3.63, 3.8) is 0 Å². The number of likely N-dealkylation sites (N-methyl/N-ethyl adjacent to an activating group) is 1. The van der Waals surface area contributed by atoms with E-state index in [2.05, 4.69) is 22.2 Å². The SMILES string of the molecule is CN1CCCC[C@@H]2[C@H]1CCCN2C(=O)CCCN1C(=O)CNC1=O. The Morgan fingerprint density at radius 3 is 2.67 bits per heavy atom. The first-order valence-corrected chi connectivity index (χ1v) is 9.16. The van der Waals surface area contributed by atoms with E-state index >= 15 is 0 Å². The summed E-state index contributed by atoms with van der Waals surface area (Å²) in [6.45, 7) is 2.37. The molecule has 24 heavy (non-hydrogen) atoms. The minimum Gasteiger partial charge on any atom is -0.338 e. The van der Waals surface area contributed by atoms with Crippen molar-refractivity contribution in [3.05, 3.63) is 0 Å². The van der Waals surface area contributed by atoms with Crippen LogP contribution in [0.4, 0.5) is 4.79 Å². The topological polar surface area (TPSA) is 73.0 Å². The lowest BCUT2D eigenvalue weighted by Crippen LogP contribution is -2.55. The van der Waals surface area contributed by atoms with E-state index in [1.165, 1.54) is 24.2 Å². The zero-order valence-corrected chi connectivity index (χ0v) is 14.5. The minimum absolute atomic E-state index is 0.0784. The zero-order valence-electron chi connectivity index (χ0n) is 14.5. The maximum atomic E-state index is 12.7. The van der Waals surface area contributed by atoms with Crippen LogP contribution in [0.5, 0.6) is 0 Å². The van der Waals surface area contributed by atoms with E-state index in [0.717, 1.165) is 25.9 Å². The second-order valence-corrected chi connectivity index (χ2v) is 7.15. The van der Waals surface area contributed by atoms with Crippen molar-refractivity contribution in [1.29, 1.82) is 0 Å². The Kier molecular flexibility index (Phi) is 5.38. The lowest BCUT2D eigenvalue weighted by Gasteiger charge is -2.44. The van der Waals surface area contributed by atoms with Crippen molar-refractivity contribution < 1.29 is 14.4 Å². The molecule has 0 aromatic rings. The fourth-order valence-corrected chi connectivity index (χ4v) is 4.30. The fourth-order valence-electron chi connectivity index (χ4n) is 4.30. The van der Waals surface area contributed by atoms with Crippen LogP contribution in [0, 0.1) is 0 Å². The summed E-state index contributed by atoms with van der Waals surface area (Å²) in [4.78, 5) is 41.5. The van der Waals surface area contributed by atoms with Crippen LogP contribution in [0.25, 0.3) is 0 Å². The van der Waals surface area contributed by atoms with Gasteiger partial charge in [-0.15, -0.1) is 0 Å². The minimum atomic E-state index is -0.337. The standard InChI is InChI=1S/C17H28N4O3/c1-19-9-3-2-6-14-13(19)7-4-10-20(14)15(22)8-5-11-21-16(23)12-18-17(21)24/h13-14H,2-12H2,1H3,(H,18,24)/t13-,14-/m1/s1. The quantitative estimate of drug-likeness (QED) is 0.771. The van der Waals surface area contributed by atoms with Crippen LogP contribution in [-0.4, -0.2) is 77.9 Å². The van der Waals surface area contributed by atoms with Gasteiger partial charge in [0.1, 0.15) is 0 Å². The molecule has 0 radical (unpaired) electrons. The largest absolute Gasteiger partial charge is 0.338 e. The van der Waals surface area contributed by atoms with Gasteiger partial charge in [-0.1, -0.05) is 6.42 Å². The molecule has 4 amide bonds. The van der Waals surface area contributed by atoms with Crippen molar-refractivity contribution in [2.24, 2.45) is 0 Å². The first kappa shape index (κ1) is 17.2. The van der Waals surface area contributed by atoms with Gasteiger partial charge in [-0.25, -0.2) is 4.79 Å². The lowest BCUT2D eigenvalue weighted by molar-refractivity contribution is -0.137. The molecule has 3 fully saturated rings. The highest BCUT2D eigenvalue weighted by molar-refractivity contribution is 6.01. The molecule has 3 rings (SSSR count). The number of rotatable bonds is 4. The molecule has 0 aliphatic carbocycles. The summed E-state index contributed by atoms with van der Waals surface area (Å²) in [6, 6.07) is 0.475. The summed E-state index contributed by atoms with van der Waals surface area (Å²) < 4.78 is 0. The van der Waals surface area contributed by atoms with E-state index in [0.29, 0.717) is 31.5 Å². The van der Waals surface area contributed by atoms with Crippen LogP contribution >= 0.6 is 0 Å². The maximum Gasteiger partial charge on any atom is 0.324 e. The molecule has 0 spiro atoms. The number of fused-ring (bicyclic) bond motifs is 1. The van der Waals surface area contributed by atoms with Crippen molar-refractivity contribution in [3.8, 4) is 0 Å². The number of carbonyl (C=O) groups is 3. The molecule has 0 aromatic heterocycles. The van der Waals surface area contributed by atoms with Crippen molar-refractivity contribution >= 4 is 17.8 Å². The van der Waals surface area contributed by atoms with Crippen LogP contribution in [0.15, 0.2) is 0 Å². The van der Waals surface area contributed by atoms with Crippen LogP contribution in [0.1, 0.15) is 44.9 Å². The number of urea groups is 1. The Labute approximate surface area is 143 Å². The van der Waals surface area contributed by atoms with Gasteiger partial charge in [-0.2, -0.15) is 0 Å². The summed E-state index contributed by atoms with van der Waals surface area (Å²) in [5.41, 5.74) is 0. The first-order valence-electron chi connectivity index (χ1n) is 9.16. The van der Waals surface area contributed by atoms with E-state index in [1.807, 2.05) is 0 Å². The van der Waals surface area contributed by atoms with Gasteiger partial charge >= 0.3 is 6.03 Å². The predicted molar refractivity (Wildman–Crippen MR) is 89.3 cm³/mol. The Hall–Kier alpha value is -1.63. The number of likely N-dealkylation sites (tertiary alicyclic amines) is 2. The average Bonchev–Trinajstić information content (AvgIpc) is 2.78. The highest BCUT2D eigenvalue weighted by Gasteiger charge is 2.37. The predicted octanol–water partition coefficient (Wildman–Crippen LogP) is 0.794. The van der Waals surface area contributed by atoms with E-state index in [9.17, 15) is 14.4 Å². The molecule has 3 heterocycles. The van der Waals surface area contributed by atoms with Gasteiger partial charge in [0.15, 0.2) is 0 Å². The van der Waals surface area contributed by atoms with Gasteiger partial charge in [0, 0.05) is 31.6 Å². The number of piperidine rings is 1. The second-order valence-electron chi connectivity index (χ2n) is 7.15. The van der Waals surface area contributed by atoms with E-state index < -0.39 is 0 Å². The third kappa shape index (κ3) is 3.55. The summed E-state index contributed by atoms with van der Waals surface area (Å²) in [6.07, 6.45) is 6.66. The molecule has 3 aliphatic rings. The third-order valence-electron chi connectivity index (χ3n) is 5.60. The average molecular weight is 336 g/mol. The van der Waals surface area contributed by atoms with Crippen molar-refractivity contribution in [2.45, 2.75) is 57.0 Å². The van der Waals surface area contributed by atoms with Gasteiger partial charge in [0.05, 0.1) is 6.54 Å². The van der Waals surface area contributed by atoms with E-state index in [4.69, 9.17) is 0 Å². The number of imide groups is 1. The molecule has 2 atom stereocenters. The number of carbonyl (C=O) groups excluding carboxylic acids is 3. The van der Waals surface area contributed by atoms with Gasteiger partial charge in [0.2, 0.25) is 11.8 Å². The summed E-state index contributed by atoms with van der Waals surface area (Å²) in [7, 11) is 2.18. The monoisotopic (exact) mass is 336 g/mol. The van der Waals surface area contributed by atoms with Crippen molar-refractivity contribution in [1.82, 2.24) is 20.0 Å². The molecule has 1 N–H and O–H groups in total. The molecule has 3 aliphatic heterocycles. The van der Waals surface area contributed by atoms with Crippen molar-refractivity contribution in [2.75, 3.05) is 33.2 Å². The molecule has 0 unspecified atom stereocenters. The molecule has 0 bridgehead atoms. The molecule has 3 saturated heterocycles. The molecular formula is C17H28N4O3.